The first-order chi connectivity index (χ1) is 18.4. The molecule has 16 heteroatoms. The molecule has 2 rings (SSSR count). The highest BCUT2D eigenvalue weighted by Gasteiger charge is 2.17. The van der Waals surface area contributed by atoms with Crippen molar-refractivity contribution in [3.8, 4) is 35.1 Å². The maximum Gasteiger partial charge on any atom is 0.261 e. The number of phenols is 4. The Hall–Kier alpha value is -5.20. The Bertz CT molecular complexity index is 1300. The number of amides is 2. The number of hydrogen-bond donors (Lipinski definition) is 10. The number of phenolic OH excluding ortho intramolecular Hbond substituents is 4. The number of aromatic hydroxyl groups is 4. The minimum Gasteiger partial charge on any atom is -0.595 e. The van der Waals surface area contributed by atoms with Crippen molar-refractivity contribution in [1.82, 2.24) is 10.6 Å². The molecule has 0 bridgehead atoms. The van der Waals surface area contributed by atoms with Crippen LogP contribution in [0, 0.1) is 33.1 Å². The van der Waals surface area contributed by atoms with Crippen molar-refractivity contribution in [3.63, 3.8) is 0 Å². The summed E-state index contributed by atoms with van der Waals surface area (Å²) in [7, 11) is 0. The lowest BCUT2D eigenvalue weighted by Crippen LogP contribution is -2.99. The molecule has 0 aliphatic rings. The van der Waals surface area contributed by atoms with Gasteiger partial charge in [0.15, 0.2) is 11.5 Å². The van der Waals surface area contributed by atoms with Crippen molar-refractivity contribution in [2.24, 2.45) is 0 Å². The minimum absolute atomic E-state index is 0.0290. The standard InChI is InChI=1S/C23H22N6O10/c24-10-14(4-12-6-16(28(36)37)20(32)18(30)8-12)22(34)26-2-1-3-27-23(35)15(11-25)5-13-7-17(29(38)39)21(33)19(31)9-13/h4-9,28-33,36,38H,1-3H2,(H,26,34)(H,27,35)/b14-4-,15-5+. The Morgan fingerprint density at radius 2 is 1.13 bits per heavy atom. The van der Waals surface area contributed by atoms with Crippen molar-refractivity contribution in [3.05, 3.63) is 57.0 Å². The fraction of sp³-hybridized carbons (Fsp3) is 0.130. The fourth-order valence-electron chi connectivity index (χ4n) is 3.09. The Kier molecular flexibility index (Phi) is 10.3. The van der Waals surface area contributed by atoms with Crippen LogP contribution in [0.2, 0.25) is 0 Å². The molecule has 0 aliphatic carbocycles. The summed E-state index contributed by atoms with van der Waals surface area (Å²) in [6.07, 6.45) is 2.16. The molecule has 2 atom stereocenters. The average molecular weight is 542 g/mol. The van der Waals surface area contributed by atoms with E-state index >= 15 is 0 Å². The maximum atomic E-state index is 12.3. The summed E-state index contributed by atoms with van der Waals surface area (Å²) in [6.45, 7) is -0.0580. The first kappa shape index (κ1) is 30.0. The van der Waals surface area contributed by atoms with Crippen LogP contribution in [0.15, 0.2) is 35.4 Å². The number of carbonyl (C=O) groups is 2. The number of nitrogens with one attached hydrogen (secondary N) is 4. The van der Waals surface area contributed by atoms with Gasteiger partial charge in [-0.15, -0.1) is 0 Å². The Morgan fingerprint density at radius 1 is 0.769 bits per heavy atom. The van der Waals surface area contributed by atoms with Gasteiger partial charge in [-0.3, -0.25) is 9.59 Å². The van der Waals surface area contributed by atoms with E-state index in [9.17, 15) is 51.0 Å². The van der Waals surface area contributed by atoms with Crippen LogP contribution in [0.4, 0.5) is 11.4 Å². The van der Waals surface area contributed by atoms with E-state index in [4.69, 9.17) is 10.4 Å². The molecule has 0 fully saturated rings. The van der Waals surface area contributed by atoms with E-state index in [0.29, 0.717) is 0 Å². The SMILES string of the molecule is N#C/C(=C/c1cc(O)c(O)c([NH+]([O-])O)c1)C(=O)NCCCNC(=O)/C(C#N)=C/c1cc(O)c(O)c([NH+]([O-])O)c1. The number of benzene rings is 2. The highest BCUT2D eigenvalue weighted by molar-refractivity contribution is 6.02. The van der Waals surface area contributed by atoms with Crippen molar-refractivity contribution >= 4 is 35.3 Å². The van der Waals surface area contributed by atoms with Gasteiger partial charge in [-0.05, 0) is 41.8 Å². The zero-order chi connectivity index (χ0) is 29.3. The highest BCUT2D eigenvalue weighted by atomic mass is 16.8. The van der Waals surface area contributed by atoms with Crippen molar-refractivity contribution < 1.29 is 50.9 Å². The summed E-state index contributed by atoms with van der Waals surface area (Å²) < 4.78 is 0. The number of nitriles is 2. The molecule has 204 valence electrons. The van der Waals surface area contributed by atoms with Crippen LogP contribution in [0.5, 0.6) is 23.0 Å². The summed E-state index contributed by atoms with van der Waals surface area (Å²) in [5.41, 5.74) is -2.21. The summed E-state index contributed by atoms with van der Waals surface area (Å²) >= 11 is 0. The van der Waals surface area contributed by atoms with Crippen molar-refractivity contribution in [2.45, 2.75) is 6.42 Å². The van der Waals surface area contributed by atoms with Gasteiger partial charge in [0.1, 0.15) is 23.3 Å². The number of hydrogen-bond acceptors (Lipinski definition) is 12. The van der Waals surface area contributed by atoms with E-state index in [-0.39, 0.29) is 30.6 Å². The fourth-order valence-corrected chi connectivity index (χ4v) is 3.09. The van der Waals surface area contributed by atoms with Crippen LogP contribution in [0.25, 0.3) is 12.2 Å². The normalized spacial score (nSPS) is 13.1. The summed E-state index contributed by atoms with van der Waals surface area (Å²) in [6, 6.07) is 7.10. The predicted octanol–water partition coefficient (Wildman–Crippen LogP) is -1.55. The molecule has 0 heterocycles. The molecule has 2 aromatic rings. The molecule has 0 saturated heterocycles. The lowest BCUT2D eigenvalue weighted by molar-refractivity contribution is -0.991. The Morgan fingerprint density at radius 3 is 1.44 bits per heavy atom. The average Bonchev–Trinajstić information content (AvgIpc) is 2.88. The van der Waals surface area contributed by atoms with Gasteiger partial charge >= 0.3 is 0 Å². The van der Waals surface area contributed by atoms with Gasteiger partial charge in [0.05, 0.1) is 0 Å². The highest BCUT2D eigenvalue weighted by Crippen LogP contribution is 2.33. The molecule has 0 aromatic heterocycles. The van der Waals surface area contributed by atoms with Gasteiger partial charge in [-0.1, -0.05) is 0 Å². The number of quaternary nitrogens is 2. The van der Waals surface area contributed by atoms with Crippen LogP contribution < -0.4 is 21.1 Å². The van der Waals surface area contributed by atoms with E-state index < -0.39 is 67.8 Å². The first-order valence-electron chi connectivity index (χ1n) is 10.8. The third-order valence-electron chi connectivity index (χ3n) is 4.96. The Balaban J connectivity index is 1.97. The van der Waals surface area contributed by atoms with Gasteiger partial charge in [0.2, 0.25) is 22.9 Å². The third-order valence-corrected chi connectivity index (χ3v) is 4.96. The molecule has 2 aromatic carbocycles. The molecule has 0 spiro atoms. The number of nitrogens with zero attached hydrogens (tertiary/aromatic N) is 2. The van der Waals surface area contributed by atoms with Crippen LogP contribution in [-0.2, 0) is 9.59 Å². The van der Waals surface area contributed by atoms with Gasteiger partial charge in [-0.25, -0.2) is 10.4 Å². The van der Waals surface area contributed by atoms with E-state index in [1.54, 1.807) is 12.1 Å². The molecule has 39 heavy (non-hydrogen) atoms. The van der Waals surface area contributed by atoms with Crippen LogP contribution in [0.1, 0.15) is 17.5 Å². The summed E-state index contributed by atoms with van der Waals surface area (Å²) in [4.78, 5) is 24.6. The zero-order valence-corrected chi connectivity index (χ0v) is 19.8. The zero-order valence-electron chi connectivity index (χ0n) is 19.8. The van der Waals surface area contributed by atoms with E-state index in [1.807, 2.05) is 0 Å². The summed E-state index contributed by atoms with van der Waals surface area (Å²) in [5, 5.41) is 99.2. The quantitative estimate of drug-likeness (QED) is 0.0537. The van der Waals surface area contributed by atoms with Crippen LogP contribution in [-0.4, -0.2) is 55.7 Å². The second kappa shape index (κ2) is 13.4. The largest absolute Gasteiger partial charge is 0.595 e. The molecule has 2 unspecified atom stereocenters. The molecule has 16 nitrogen and oxygen atoms in total. The van der Waals surface area contributed by atoms with Gasteiger partial charge in [0, 0.05) is 25.2 Å². The molecule has 0 saturated carbocycles. The summed E-state index contributed by atoms with van der Waals surface area (Å²) in [5.74, 6) is -4.94. The third kappa shape index (κ3) is 7.89. The second-order valence-corrected chi connectivity index (χ2v) is 7.69. The van der Waals surface area contributed by atoms with Crippen LogP contribution >= 0.6 is 0 Å². The van der Waals surface area contributed by atoms with E-state index in [0.717, 1.165) is 36.4 Å². The smallest absolute Gasteiger partial charge is 0.261 e. The first-order valence-corrected chi connectivity index (χ1v) is 10.8. The van der Waals surface area contributed by atoms with Crippen molar-refractivity contribution in [1.29, 1.82) is 10.5 Å². The molecule has 0 aliphatic heterocycles. The monoisotopic (exact) mass is 542 g/mol. The molecule has 10 N–H and O–H groups in total. The topological polar surface area (TPSA) is 282 Å². The minimum atomic E-state index is -1.54. The van der Waals surface area contributed by atoms with Gasteiger partial charge < -0.3 is 41.5 Å². The lowest BCUT2D eigenvalue weighted by atomic mass is 10.1. The lowest BCUT2D eigenvalue weighted by Gasteiger charge is -2.14. The van der Waals surface area contributed by atoms with Gasteiger partial charge in [-0.2, -0.15) is 21.0 Å². The number of carbonyl (C=O) groups excluding carboxylic acids is 2. The van der Waals surface area contributed by atoms with E-state index in [2.05, 4.69) is 10.6 Å². The van der Waals surface area contributed by atoms with E-state index in [1.165, 1.54) is 0 Å². The van der Waals surface area contributed by atoms with Gasteiger partial charge in [0.25, 0.3) is 11.8 Å². The molecule has 2 amide bonds. The number of rotatable bonds is 10. The van der Waals surface area contributed by atoms with Crippen LogP contribution in [0.3, 0.4) is 0 Å². The molecular weight excluding hydrogens is 520 g/mol. The molecular formula is C23H22N6O10. The maximum absolute atomic E-state index is 12.3. The molecule has 0 radical (unpaired) electrons. The second-order valence-electron chi connectivity index (χ2n) is 7.69. The Labute approximate surface area is 219 Å². The predicted molar refractivity (Wildman–Crippen MR) is 129 cm³/mol. The van der Waals surface area contributed by atoms with Crippen molar-refractivity contribution in [2.75, 3.05) is 13.1 Å².